The zero-order valence-electron chi connectivity index (χ0n) is 13.4. The molecule has 0 atom stereocenters. The smallest absolute Gasteiger partial charge is 0.259 e. The number of fused-ring (bicyclic) bond motifs is 1. The Morgan fingerprint density at radius 1 is 1.08 bits per heavy atom. The van der Waals surface area contributed by atoms with E-state index in [2.05, 4.69) is 9.97 Å². The summed E-state index contributed by atoms with van der Waals surface area (Å²) in [6.07, 6.45) is 1.71. The van der Waals surface area contributed by atoms with Crippen LogP contribution in [0.15, 0.2) is 65.5 Å². The van der Waals surface area contributed by atoms with Crippen LogP contribution in [0, 0.1) is 5.82 Å². The van der Waals surface area contributed by atoms with Gasteiger partial charge in [-0.1, -0.05) is 41.9 Å². The number of aromatic nitrogens is 2. The van der Waals surface area contributed by atoms with Crippen molar-refractivity contribution in [3.8, 4) is 10.4 Å². The van der Waals surface area contributed by atoms with Crippen molar-refractivity contribution < 1.29 is 4.39 Å². The summed E-state index contributed by atoms with van der Waals surface area (Å²) in [6, 6.07) is 17.4. The molecule has 0 radical (unpaired) electrons. The summed E-state index contributed by atoms with van der Waals surface area (Å²) in [4.78, 5) is 20.9. The van der Waals surface area contributed by atoms with E-state index in [0.29, 0.717) is 27.3 Å². The predicted octanol–water partition coefficient (Wildman–Crippen LogP) is 5.53. The third-order valence-electron chi connectivity index (χ3n) is 3.87. The summed E-state index contributed by atoms with van der Waals surface area (Å²) in [5, 5.41) is 0.827. The zero-order valence-corrected chi connectivity index (χ0v) is 14.9. The molecular formula is C20H12ClFN2OS. The van der Waals surface area contributed by atoms with E-state index in [1.807, 2.05) is 18.2 Å². The highest BCUT2D eigenvalue weighted by Crippen LogP contribution is 2.32. The fourth-order valence-electron chi connectivity index (χ4n) is 2.63. The number of nitrogens with zero attached hydrogens (tertiary/aromatic N) is 1. The van der Waals surface area contributed by atoms with Gasteiger partial charge in [0.1, 0.15) is 5.82 Å². The molecule has 3 nitrogen and oxygen atoms in total. The van der Waals surface area contributed by atoms with Gasteiger partial charge in [0.25, 0.3) is 5.56 Å². The minimum absolute atomic E-state index is 0.240. The third-order valence-corrected chi connectivity index (χ3v) is 5.23. The first kappa shape index (κ1) is 16.7. The first-order valence-electron chi connectivity index (χ1n) is 7.83. The van der Waals surface area contributed by atoms with Crippen LogP contribution in [-0.2, 0) is 0 Å². The maximum atomic E-state index is 13.9. The molecular weight excluding hydrogens is 371 g/mol. The molecule has 0 aliphatic rings. The van der Waals surface area contributed by atoms with Gasteiger partial charge in [-0.3, -0.25) is 4.79 Å². The molecule has 128 valence electrons. The summed E-state index contributed by atoms with van der Waals surface area (Å²) in [6.45, 7) is 0. The molecule has 2 aromatic heterocycles. The number of H-pyrrole nitrogens is 1. The standard InChI is InChI=1S/C20H12ClFN2OS/c21-15(19-23-17-8-4-2-6-14(17)20(25)24-19)11-12-9-10-18(26-12)13-5-1-3-7-16(13)22/h1-11H,(H,23,24,25)/b15-11+. The third kappa shape index (κ3) is 3.19. The molecule has 0 aliphatic heterocycles. The molecule has 0 aliphatic carbocycles. The lowest BCUT2D eigenvalue weighted by Gasteiger charge is -2.01. The molecule has 0 unspecified atom stereocenters. The van der Waals surface area contributed by atoms with Crippen LogP contribution < -0.4 is 5.56 Å². The van der Waals surface area contributed by atoms with Crippen molar-refractivity contribution in [3.05, 3.63) is 87.5 Å². The summed E-state index contributed by atoms with van der Waals surface area (Å²) < 4.78 is 13.9. The molecule has 0 spiro atoms. The Bertz CT molecular complexity index is 1200. The molecule has 1 N–H and O–H groups in total. The number of hydrogen-bond donors (Lipinski definition) is 1. The number of hydrogen-bond acceptors (Lipinski definition) is 3. The zero-order chi connectivity index (χ0) is 18.1. The summed E-state index contributed by atoms with van der Waals surface area (Å²) in [5.74, 6) is 0.0349. The van der Waals surface area contributed by atoms with Crippen molar-refractivity contribution in [2.75, 3.05) is 0 Å². The Morgan fingerprint density at radius 2 is 1.85 bits per heavy atom. The molecule has 0 saturated heterocycles. The molecule has 4 aromatic rings. The van der Waals surface area contributed by atoms with E-state index >= 15 is 0 Å². The van der Waals surface area contributed by atoms with Crippen LogP contribution in [0.4, 0.5) is 4.39 Å². The van der Waals surface area contributed by atoms with E-state index in [0.717, 1.165) is 9.75 Å². The van der Waals surface area contributed by atoms with Gasteiger partial charge in [0.15, 0.2) is 5.82 Å². The molecule has 2 aromatic carbocycles. The van der Waals surface area contributed by atoms with Gasteiger partial charge in [0.05, 0.1) is 15.9 Å². The number of aromatic amines is 1. The van der Waals surface area contributed by atoms with Gasteiger partial charge in [-0.25, -0.2) is 9.37 Å². The maximum absolute atomic E-state index is 13.9. The predicted molar refractivity (Wildman–Crippen MR) is 106 cm³/mol. The van der Waals surface area contributed by atoms with Crippen LogP contribution in [0.25, 0.3) is 32.5 Å². The van der Waals surface area contributed by atoms with Gasteiger partial charge in [-0.05, 0) is 36.4 Å². The van der Waals surface area contributed by atoms with Crippen LogP contribution in [0.2, 0.25) is 0 Å². The van der Waals surface area contributed by atoms with E-state index < -0.39 is 0 Å². The molecule has 2 heterocycles. The monoisotopic (exact) mass is 382 g/mol. The number of halogens is 2. The SMILES string of the molecule is O=c1[nH]c(/C(Cl)=C\c2ccc(-c3ccccc3F)s2)nc2ccccc12. The van der Waals surface area contributed by atoms with Crippen LogP contribution in [-0.4, -0.2) is 9.97 Å². The van der Waals surface area contributed by atoms with E-state index in [1.165, 1.54) is 17.4 Å². The topological polar surface area (TPSA) is 45.8 Å². The normalized spacial score (nSPS) is 11.8. The molecule has 0 saturated carbocycles. The molecule has 0 fully saturated rings. The van der Waals surface area contributed by atoms with Crippen LogP contribution in [0.5, 0.6) is 0 Å². The second-order valence-corrected chi connectivity index (χ2v) is 7.13. The highest BCUT2D eigenvalue weighted by Gasteiger charge is 2.09. The van der Waals surface area contributed by atoms with Gasteiger partial charge < -0.3 is 4.98 Å². The van der Waals surface area contributed by atoms with Gasteiger partial charge in [0.2, 0.25) is 0 Å². The lowest BCUT2D eigenvalue weighted by Crippen LogP contribution is -2.10. The van der Waals surface area contributed by atoms with Crippen molar-refractivity contribution in [1.82, 2.24) is 9.97 Å². The van der Waals surface area contributed by atoms with E-state index in [4.69, 9.17) is 11.6 Å². The van der Waals surface area contributed by atoms with Crippen LogP contribution in [0.3, 0.4) is 0 Å². The van der Waals surface area contributed by atoms with E-state index in [1.54, 1.807) is 42.5 Å². The number of benzene rings is 2. The Morgan fingerprint density at radius 3 is 2.69 bits per heavy atom. The van der Waals surface area contributed by atoms with Gasteiger partial charge >= 0.3 is 0 Å². The van der Waals surface area contributed by atoms with Crippen molar-refractivity contribution in [2.24, 2.45) is 0 Å². The Hall–Kier alpha value is -2.76. The Balaban J connectivity index is 1.71. The van der Waals surface area contributed by atoms with Crippen molar-refractivity contribution in [2.45, 2.75) is 0 Å². The second-order valence-electron chi connectivity index (χ2n) is 5.61. The molecule has 0 bridgehead atoms. The molecule has 0 amide bonds. The van der Waals surface area contributed by atoms with Gasteiger partial charge in [0, 0.05) is 15.3 Å². The second kappa shape index (κ2) is 6.86. The molecule has 4 rings (SSSR count). The highest BCUT2D eigenvalue weighted by atomic mass is 35.5. The van der Waals surface area contributed by atoms with E-state index in [-0.39, 0.29) is 11.4 Å². The quantitative estimate of drug-likeness (QED) is 0.506. The van der Waals surface area contributed by atoms with Gasteiger partial charge in [-0.15, -0.1) is 11.3 Å². The summed E-state index contributed by atoms with van der Waals surface area (Å²) in [5.41, 5.74) is 0.886. The minimum atomic E-state index is -0.267. The molecule has 6 heteroatoms. The van der Waals surface area contributed by atoms with Crippen molar-refractivity contribution >= 4 is 44.9 Å². The van der Waals surface area contributed by atoms with Crippen molar-refractivity contribution in [1.29, 1.82) is 0 Å². The number of para-hydroxylation sites is 1. The average molecular weight is 383 g/mol. The fourth-order valence-corrected chi connectivity index (χ4v) is 3.88. The largest absolute Gasteiger partial charge is 0.305 e. The number of thiophene rings is 1. The van der Waals surface area contributed by atoms with Crippen LogP contribution >= 0.6 is 22.9 Å². The minimum Gasteiger partial charge on any atom is -0.305 e. The van der Waals surface area contributed by atoms with Crippen LogP contribution in [0.1, 0.15) is 10.7 Å². The first-order chi connectivity index (χ1) is 12.6. The average Bonchev–Trinajstić information content (AvgIpc) is 3.10. The van der Waals surface area contributed by atoms with Gasteiger partial charge in [-0.2, -0.15) is 0 Å². The van der Waals surface area contributed by atoms with Crippen molar-refractivity contribution in [3.63, 3.8) is 0 Å². The highest BCUT2D eigenvalue weighted by molar-refractivity contribution is 7.16. The maximum Gasteiger partial charge on any atom is 0.259 e. The fraction of sp³-hybridized carbons (Fsp3) is 0. The summed E-state index contributed by atoms with van der Waals surface area (Å²) >= 11 is 7.77. The number of nitrogens with one attached hydrogen (secondary N) is 1. The lowest BCUT2D eigenvalue weighted by molar-refractivity contribution is 0.631. The number of rotatable bonds is 3. The Labute approximate surface area is 157 Å². The molecule has 26 heavy (non-hydrogen) atoms. The first-order valence-corrected chi connectivity index (χ1v) is 9.02. The van der Waals surface area contributed by atoms with E-state index in [9.17, 15) is 9.18 Å². The lowest BCUT2D eigenvalue weighted by atomic mass is 10.2. The Kier molecular flexibility index (Phi) is 4.41. The summed E-state index contributed by atoms with van der Waals surface area (Å²) in [7, 11) is 0.